The predicted molar refractivity (Wildman–Crippen MR) is 122 cm³/mol. The van der Waals surface area contributed by atoms with Gasteiger partial charge in [0.2, 0.25) is 0 Å². The van der Waals surface area contributed by atoms with E-state index in [1.165, 1.54) is 24.8 Å². The first-order valence-corrected chi connectivity index (χ1v) is 11.1. The van der Waals surface area contributed by atoms with Crippen LogP contribution in [0.25, 0.3) is 0 Å². The lowest BCUT2D eigenvalue weighted by molar-refractivity contribution is 0.217. The van der Waals surface area contributed by atoms with Gasteiger partial charge in [0.25, 0.3) is 0 Å². The van der Waals surface area contributed by atoms with Gasteiger partial charge in [-0.1, -0.05) is 52.9 Å². The van der Waals surface area contributed by atoms with Crippen molar-refractivity contribution < 1.29 is 14.3 Å². The monoisotopic (exact) mass is 473 g/mol. The lowest BCUT2D eigenvalue weighted by Gasteiger charge is -2.22. The minimum absolute atomic E-state index is 0.243. The SMILES string of the molecule is Cc1ccc(OCCOc2ccc(Br)cc2/C=N\NC(=O)NC2CCCCC2)cc1. The van der Waals surface area contributed by atoms with Crippen LogP contribution in [0, 0.1) is 6.92 Å². The molecule has 1 fully saturated rings. The van der Waals surface area contributed by atoms with Crippen LogP contribution in [0.4, 0.5) is 4.79 Å². The molecular weight excluding hydrogens is 446 g/mol. The van der Waals surface area contributed by atoms with Gasteiger partial charge in [-0.15, -0.1) is 0 Å². The largest absolute Gasteiger partial charge is 0.490 e. The minimum atomic E-state index is -0.276. The molecule has 1 aliphatic carbocycles. The van der Waals surface area contributed by atoms with E-state index in [0.717, 1.165) is 28.6 Å². The first-order valence-electron chi connectivity index (χ1n) is 10.3. The summed E-state index contributed by atoms with van der Waals surface area (Å²) in [5, 5.41) is 7.04. The summed E-state index contributed by atoms with van der Waals surface area (Å²) >= 11 is 3.46. The maximum atomic E-state index is 12.0. The standard InChI is InChI=1S/C23H28BrN3O3/c1-17-7-10-21(11-8-17)29-13-14-30-22-12-9-19(24)15-18(22)16-25-27-23(28)26-20-5-3-2-4-6-20/h7-12,15-16,20H,2-6,13-14H2,1H3,(H2,26,27,28)/b25-16-. The van der Waals surface area contributed by atoms with Crippen molar-refractivity contribution in [1.82, 2.24) is 10.7 Å². The summed E-state index contributed by atoms with van der Waals surface area (Å²) in [6.45, 7) is 2.86. The smallest absolute Gasteiger partial charge is 0.335 e. The van der Waals surface area contributed by atoms with E-state index in [9.17, 15) is 4.79 Å². The van der Waals surface area contributed by atoms with E-state index in [1.807, 2.05) is 49.4 Å². The second kappa shape index (κ2) is 11.6. The molecule has 0 heterocycles. The van der Waals surface area contributed by atoms with Crippen LogP contribution in [-0.2, 0) is 0 Å². The molecule has 0 bridgehead atoms. The molecule has 2 N–H and O–H groups in total. The zero-order valence-corrected chi connectivity index (χ0v) is 18.8. The molecule has 1 aliphatic rings. The molecule has 2 aromatic carbocycles. The van der Waals surface area contributed by atoms with Gasteiger partial charge in [0.15, 0.2) is 0 Å². The Kier molecular flexibility index (Phi) is 8.56. The molecule has 2 aromatic rings. The maximum Gasteiger partial charge on any atom is 0.335 e. The zero-order valence-electron chi connectivity index (χ0n) is 17.2. The van der Waals surface area contributed by atoms with Crippen molar-refractivity contribution in [2.45, 2.75) is 45.1 Å². The topological polar surface area (TPSA) is 72.0 Å². The highest BCUT2D eigenvalue weighted by Crippen LogP contribution is 2.22. The Morgan fingerprint density at radius 1 is 1.10 bits per heavy atom. The molecule has 1 saturated carbocycles. The number of carbonyl (C=O) groups excluding carboxylic acids is 1. The highest BCUT2D eigenvalue weighted by Gasteiger charge is 2.15. The third-order valence-corrected chi connectivity index (χ3v) is 5.41. The normalized spacial score (nSPS) is 14.5. The zero-order chi connectivity index (χ0) is 21.2. The molecule has 0 atom stereocenters. The number of hydrogen-bond donors (Lipinski definition) is 2. The highest BCUT2D eigenvalue weighted by molar-refractivity contribution is 9.10. The van der Waals surface area contributed by atoms with Gasteiger partial charge in [0.1, 0.15) is 24.7 Å². The second-order valence-corrected chi connectivity index (χ2v) is 8.29. The molecule has 2 amide bonds. The van der Waals surface area contributed by atoms with Crippen molar-refractivity contribution >= 4 is 28.2 Å². The molecule has 3 rings (SSSR count). The quantitative estimate of drug-likeness (QED) is 0.315. The van der Waals surface area contributed by atoms with E-state index in [0.29, 0.717) is 19.0 Å². The van der Waals surface area contributed by atoms with Crippen LogP contribution in [0.2, 0.25) is 0 Å². The van der Waals surface area contributed by atoms with Gasteiger partial charge in [-0.05, 0) is 50.1 Å². The number of aryl methyl sites for hydroxylation is 1. The highest BCUT2D eigenvalue weighted by atomic mass is 79.9. The molecule has 7 heteroatoms. The molecule has 0 saturated heterocycles. The number of ether oxygens (including phenoxy) is 2. The second-order valence-electron chi connectivity index (χ2n) is 7.37. The summed E-state index contributed by atoms with van der Waals surface area (Å²) in [4.78, 5) is 12.0. The Morgan fingerprint density at radius 3 is 2.60 bits per heavy atom. The molecule has 0 spiro atoms. The van der Waals surface area contributed by atoms with Crippen molar-refractivity contribution in [3.05, 3.63) is 58.1 Å². The number of nitrogens with zero attached hydrogens (tertiary/aromatic N) is 1. The van der Waals surface area contributed by atoms with Gasteiger partial charge >= 0.3 is 6.03 Å². The lowest BCUT2D eigenvalue weighted by atomic mass is 9.96. The number of hydrazone groups is 1. The van der Waals surface area contributed by atoms with E-state index in [-0.39, 0.29) is 12.1 Å². The number of amides is 2. The van der Waals surface area contributed by atoms with E-state index >= 15 is 0 Å². The lowest BCUT2D eigenvalue weighted by Crippen LogP contribution is -2.41. The van der Waals surface area contributed by atoms with Crippen LogP contribution >= 0.6 is 15.9 Å². The van der Waals surface area contributed by atoms with Crippen molar-refractivity contribution in [1.29, 1.82) is 0 Å². The Labute approximate surface area is 186 Å². The molecule has 0 aromatic heterocycles. The fourth-order valence-corrected chi connectivity index (χ4v) is 3.70. The third kappa shape index (κ3) is 7.37. The van der Waals surface area contributed by atoms with E-state index in [2.05, 4.69) is 31.8 Å². The maximum absolute atomic E-state index is 12.0. The van der Waals surface area contributed by atoms with Gasteiger partial charge in [-0.2, -0.15) is 5.10 Å². The van der Waals surface area contributed by atoms with Gasteiger partial charge in [-0.3, -0.25) is 0 Å². The Hall–Kier alpha value is -2.54. The van der Waals surface area contributed by atoms with Crippen molar-refractivity contribution in [3.63, 3.8) is 0 Å². The molecule has 6 nitrogen and oxygen atoms in total. The van der Waals surface area contributed by atoms with Gasteiger partial charge in [0.05, 0.1) is 6.21 Å². The summed E-state index contributed by atoms with van der Waals surface area (Å²) in [6.07, 6.45) is 7.24. The average Bonchev–Trinajstić information content (AvgIpc) is 2.74. The Balaban J connectivity index is 1.48. The van der Waals surface area contributed by atoms with Crippen LogP contribution in [-0.4, -0.2) is 31.5 Å². The molecule has 0 aliphatic heterocycles. The van der Waals surface area contributed by atoms with Gasteiger partial charge < -0.3 is 14.8 Å². The fourth-order valence-electron chi connectivity index (χ4n) is 3.32. The number of hydrogen-bond acceptors (Lipinski definition) is 4. The molecule has 30 heavy (non-hydrogen) atoms. The third-order valence-electron chi connectivity index (χ3n) is 4.91. The van der Waals surface area contributed by atoms with E-state index < -0.39 is 0 Å². The van der Waals surface area contributed by atoms with Crippen LogP contribution in [0.15, 0.2) is 52.0 Å². The number of carbonyl (C=O) groups is 1. The minimum Gasteiger partial charge on any atom is -0.490 e. The summed E-state index contributed by atoms with van der Waals surface area (Å²) in [5.41, 5.74) is 4.50. The predicted octanol–water partition coefficient (Wildman–Crippen LogP) is 5.18. The number of rotatable bonds is 8. The number of halogens is 1. The molecule has 160 valence electrons. The number of nitrogens with one attached hydrogen (secondary N) is 2. The fraction of sp³-hybridized carbons (Fsp3) is 0.391. The van der Waals surface area contributed by atoms with Crippen LogP contribution < -0.4 is 20.2 Å². The van der Waals surface area contributed by atoms with Gasteiger partial charge in [0, 0.05) is 16.1 Å². The van der Waals surface area contributed by atoms with E-state index in [1.54, 1.807) is 6.21 Å². The molecule has 0 radical (unpaired) electrons. The summed E-state index contributed by atoms with van der Waals surface area (Å²) in [6, 6.07) is 13.5. The average molecular weight is 474 g/mol. The Bertz CT molecular complexity index is 849. The van der Waals surface area contributed by atoms with Crippen LogP contribution in [0.1, 0.15) is 43.2 Å². The number of urea groups is 1. The summed E-state index contributed by atoms with van der Waals surface area (Å²) in [7, 11) is 0. The first-order chi connectivity index (χ1) is 14.6. The summed E-state index contributed by atoms with van der Waals surface area (Å²) in [5.74, 6) is 1.49. The first kappa shape index (κ1) is 22.2. The molecular formula is C23H28BrN3O3. The molecule has 0 unspecified atom stereocenters. The van der Waals surface area contributed by atoms with Crippen molar-refractivity contribution in [3.8, 4) is 11.5 Å². The van der Waals surface area contributed by atoms with Crippen molar-refractivity contribution in [2.75, 3.05) is 13.2 Å². The van der Waals surface area contributed by atoms with Crippen molar-refractivity contribution in [2.24, 2.45) is 5.10 Å². The van der Waals surface area contributed by atoms with Crippen LogP contribution in [0.5, 0.6) is 11.5 Å². The number of benzene rings is 2. The van der Waals surface area contributed by atoms with Crippen LogP contribution in [0.3, 0.4) is 0 Å². The summed E-state index contributed by atoms with van der Waals surface area (Å²) < 4.78 is 12.5. The Morgan fingerprint density at radius 2 is 1.83 bits per heavy atom. The van der Waals surface area contributed by atoms with Gasteiger partial charge in [-0.25, -0.2) is 10.2 Å². The van der Waals surface area contributed by atoms with E-state index in [4.69, 9.17) is 9.47 Å².